The zero-order valence-electron chi connectivity index (χ0n) is 10.2. The number of nitrogens with two attached hydrogens (primary N) is 1. The molecule has 100 valence electrons. The van der Waals surface area contributed by atoms with Gasteiger partial charge in [-0.2, -0.15) is 0 Å². The molecule has 0 saturated carbocycles. The highest BCUT2D eigenvalue weighted by Gasteiger charge is 2.11. The summed E-state index contributed by atoms with van der Waals surface area (Å²) >= 11 is 3.37. The van der Waals surface area contributed by atoms with Gasteiger partial charge in [0.25, 0.3) is 0 Å². The predicted molar refractivity (Wildman–Crippen MR) is 75.4 cm³/mol. The average molecular weight is 328 g/mol. The van der Waals surface area contributed by atoms with Gasteiger partial charge in [0.15, 0.2) is 23.3 Å². The smallest absolute Gasteiger partial charge is 0.169 e. The summed E-state index contributed by atoms with van der Waals surface area (Å²) in [6.07, 6.45) is 0.764. The molecule has 1 aromatic heterocycles. The number of nitrogens with zero attached hydrogens (tertiary/aromatic N) is 1. The van der Waals surface area contributed by atoms with E-state index in [-0.39, 0.29) is 11.6 Å². The molecule has 0 saturated heterocycles. The van der Waals surface area contributed by atoms with Gasteiger partial charge >= 0.3 is 0 Å². The van der Waals surface area contributed by atoms with Gasteiger partial charge in [-0.15, -0.1) is 0 Å². The summed E-state index contributed by atoms with van der Waals surface area (Å²) in [5, 5.41) is 2.83. The van der Waals surface area contributed by atoms with Crippen LogP contribution in [0.25, 0.3) is 0 Å². The number of aromatic nitrogens is 1. The van der Waals surface area contributed by atoms with Gasteiger partial charge in [-0.05, 0) is 30.2 Å². The van der Waals surface area contributed by atoms with Gasteiger partial charge in [0.2, 0.25) is 0 Å². The number of benzene rings is 1. The first-order valence-corrected chi connectivity index (χ1v) is 6.47. The second kappa shape index (κ2) is 5.52. The molecule has 1 heterocycles. The van der Waals surface area contributed by atoms with Crippen molar-refractivity contribution in [2.45, 2.75) is 13.3 Å². The van der Waals surface area contributed by atoms with E-state index in [1.54, 1.807) is 6.07 Å². The zero-order chi connectivity index (χ0) is 14.0. The van der Waals surface area contributed by atoms with Gasteiger partial charge in [-0.25, -0.2) is 13.8 Å². The summed E-state index contributed by atoms with van der Waals surface area (Å²) in [6, 6.07) is 6.26. The van der Waals surface area contributed by atoms with Gasteiger partial charge in [-0.1, -0.05) is 22.9 Å². The molecule has 0 fully saturated rings. The molecule has 0 radical (unpaired) electrons. The minimum atomic E-state index is -0.866. The number of hydrogen-bond donors (Lipinski definition) is 2. The Morgan fingerprint density at radius 2 is 2.00 bits per heavy atom. The van der Waals surface area contributed by atoms with Crippen LogP contribution >= 0.6 is 15.9 Å². The molecule has 3 nitrogen and oxygen atoms in total. The fraction of sp³-hybridized carbons (Fsp3) is 0.154. The Kier molecular flexibility index (Phi) is 3.99. The molecule has 0 aliphatic carbocycles. The third kappa shape index (κ3) is 3.01. The molecule has 2 rings (SSSR count). The van der Waals surface area contributed by atoms with Gasteiger partial charge in [0.1, 0.15) is 0 Å². The van der Waals surface area contributed by atoms with Crippen LogP contribution in [-0.2, 0) is 6.42 Å². The van der Waals surface area contributed by atoms with Crippen molar-refractivity contribution >= 4 is 33.3 Å². The van der Waals surface area contributed by atoms with Crippen LogP contribution in [-0.4, -0.2) is 4.98 Å². The minimum absolute atomic E-state index is 0.0871. The second-order valence-corrected chi connectivity index (χ2v) is 4.88. The van der Waals surface area contributed by atoms with Crippen LogP contribution in [0.1, 0.15) is 12.5 Å². The molecule has 2 aromatic rings. The lowest BCUT2D eigenvalue weighted by atomic mass is 10.1. The molecule has 0 unspecified atom stereocenters. The van der Waals surface area contributed by atoms with Crippen LogP contribution in [0.5, 0.6) is 0 Å². The Morgan fingerprint density at radius 3 is 2.68 bits per heavy atom. The van der Waals surface area contributed by atoms with Gasteiger partial charge in [0.05, 0.1) is 0 Å². The number of rotatable bonds is 3. The fourth-order valence-corrected chi connectivity index (χ4v) is 2.08. The first kappa shape index (κ1) is 13.7. The number of pyridine rings is 1. The van der Waals surface area contributed by atoms with Crippen molar-refractivity contribution in [2.75, 3.05) is 11.1 Å². The molecule has 0 amide bonds. The van der Waals surface area contributed by atoms with Crippen molar-refractivity contribution < 1.29 is 8.78 Å². The van der Waals surface area contributed by atoms with Crippen LogP contribution in [0.4, 0.5) is 26.1 Å². The van der Waals surface area contributed by atoms with Gasteiger partial charge in [-0.3, -0.25) is 0 Å². The van der Waals surface area contributed by atoms with Crippen LogP contribution in [0, 0.1) is 11.6 Å². The Morgan fingerprint density at radius 1 is 1.26 bits per heavy atom. The second-order valence-electron chi connectivity index (χ2n) is 3.97. The van der Waals surface area contributed by atoms with Crippen molar-refractivity contribution in [3.05, 3.63) is 45.9 Å². The van der Waals surface area contributed by atoms with Gasteiger partial charge < -0.3 is 11.1 Å². The maximum absolute atomic E-state index is 13.6. The fourth-order valence-electron chi connectivity index (χ4n) is 1.67. The molecule has 0 spiro atoms. The van der Waals surface area contributed by atoms with Crippen molar-refractivity contribution in [2.24, 2.45) is 0 Å². The van der Waals surface area contributed by atoms with E-state index in [0.29, 0.717) is 5.69 Å². The van der Waals surface area contributed by atoms with E-state index in [2.05, 4.69) is 26.2 Å². The summed E-state index contributed by atoms with van der Waals surface area (Å²) in [4.78, 5) is 3.67. The standard InChI is InChI=1S/C13H12BrF2N3/c1-2-7-5-8(14)3-4-11(7)18-13-10(16)6-9(15)12(17)19-13/h3-6H,2H2,1H3,(H3,17,18,19). The molecule has 0 aliphatic heterocycles. The van der Waals surface area contributed by atoms with Crippen LogP contribution < -0.4 is 11.1 Å². The van der Waals surface area contributed by atoms with Crippen molar-refractivity contribution in [1.29, 1.82) is 0 Å². The third-order valence-corrected chi connectivity index (χ3v) is 3.15. The van der Waals surface area contributed by atoms with E-state index in [0.717, 1.165) is 22.5 Å². The Balaban J connectivity index is 2.39. The lowest BCUT2D eigenvalue weighted by Crippen LogP contribution is -2.04. The van der Waals surface area contributed by atoms with Gasteiger partial charge in [0, 0.05) is 16.2 Å². The molecule has 6 heteroatoms. The average Bonchev–Trinajstić information content (AvgIpc) is 2.37. The number of halogens is 3. The van der Waals surface area contributed by atoms with Crippen LogP contribution in [0.15, 0.2) is 28.7 Å². The first-order valence-electron chi connectivity index (χ1n) is 5.68. The van der Waals surface area contributed by atoms with E-state index in [1.807, 2.05) is 19.1 Å². The molecule has 0 bridgehead atoms. The topological polar surface area (TPSA) is 50.9 Å². The van der Waals surface area contributed by atoms with Crippen molar-refractivity contribution in [3.8, 4) is 0 Å². The molecule has 19 heavy (non-hydrogen) atoms. The lowest BCUT2D eigenvalue weighted by Gasteiger charge is -2.12. The quantitative estimate of drug-likeness (QED) is 0.895. The number of nitrogens with one attached hydrogen (secondary N) is 1. The maximum Gasteiger partial charge on any atom is 0.169 e. The van der Waals surface area contributed by atoms with Crippen LogP contribution in [0.3, 0.4) is 0 Å². The maximum atomic E-state index is 13.6. The highest BCUT2D eigenvalue weighted by molar-refractivity contribution is 9.10. The summed E-state index contributed by atoms with van der Waals surface area (Å²) in [7, 11) is 0. The summed E-state index contributed by atoms with van der Waals surface area (Å²) in [5.41, 5.74) is 7.03. The first-order chi connectivity index (χ1) is 9.01. The number of anilines is 3. The monoisotopic (exact) mass is 327 g/mol. The molecular weight excluding hydrogens is 316 g/mol. The highest BCUT2D eigenvalue weighted by atomic mass is 79.9. The minimum Gasteiger partial charge on any atom is -0.381 e. The van der Waals surface area contributed by atoms with E-state index >= 15 is 0 Å². The van der Waals surface area contributed by atoms with E-state index < -0.39 is 11.6 Å². The Labute approximate surface area is 118 Å². The predicted octanol–water partition coefficient (Wildman–Crippen LogP) is 4.01. The molecule has 3 N–H and O–H groups in total. The lowest BCUT2D eigenvalue weighted by molar-refractivity contribution is 0.581. The third-order valence-electron chi connectivity index (χ3n) is 2.66. The summed E-state index contributed by atoms with van der Waals surface area (Å²) in [6.45, 7) is 1.98. The number of hydrogen-bond acceptors (Lipinski definition) is 3. The van der Waals surface area contributed by atoms with Crippen molar-refractivity contribution in [3.63, 3.8) is 0 Å². The Hall–Kier alpha value is -1.69. The largest absolute Gasteiger partial charge is 0.381 e. The van der Waals surface area contributed by atoms with E-state index in [4.69, 9.17) is 5.73 Å². The summed E-state index contributed by atoms with van der Waals surface area (Å²) < 4.78 is 27.6. The Bertz CT molecular complexity index is 617. The van der Waals surface area contributed by atoms with Crippen molar-refractivity contribution in [1.82, 2.24) is 4.98 Å². The SMILES string of the molecule is CCc1cc(Br)ccc1Nc1nc(N)c(F)cc1F. The zero-order valence-corrected chi connectivity index (χ0v) is 11.8. The highest BCUT2D eigenvalue weighted by Crippen LogP contribution is 2.26. The van der Waals surface area contributed by atoms with Crippen LogP contribution in [0.2, 0.25) is 0 Å². The van der Waals surface area contributed by atoms with E-state index in [1.165, 1.54) is 0 Å². The summed E-state index contributed by atoms with van der Waals surface area (Å²) in [5.74, 6) is -2.07. The molecule has 0 atom stereocenters. The normalized spacial score (nSPS) is 10.5. The molecule has 1 aromatic carbocycles. The van der Waals surface area contributed by atoms with E-state index in [9.17, 15) is 8.78 Å². The number of nitrogen functional groups attached to an aromatic ring is 1. The molecular formula is C13H12BrF2N3. The molecule has 0 aliphatic rings. The number of aryl methyl sites for hydroxylation is 1.